The number of amides is 1. The molecule has 1 aromatic carbocycles. The fourth-order valence-electron chi connectivity index (χ4n) is 2.25. The first-order valence-corrected chi connectivity index (χ1v) is 7.45. The van der Waals surface area contributed by atoms with E-state index in [-0.39, 0.29) is 17.8 Å². The van der Waals surface area contributed by atoms with Crippen LogP contribution in [-0.4, -0.2) is 43.2 Å². The number of carbonyl (C=O) groups excluding carboxylic acids is 1. The SMILES string of the molecule is CCNC(=O)C1COCCN1Cc1cccc(F)c1Br. The third-order valence-electron chi connectivity index (χ3n) is 3.30. The molecule has 1 unspecified atom stereocenters. The van der Waals surface area contributed by atoms with Gasteiger partial charge in [0.2, 0.25) is 5.91 Å². The van der Waals surface area contributed by atoms with Gasteiger partial charge in [0.1, 0.15) is 11.9 Å². The number of carbonyl (C=O) groups is 1. The summed E-state index contributed by atoms with van der Waals surface area (Å²) in [6, 6.07) is 4.63. The van der Waals surface area contributed by atoms with Gasteiger partial charge in [-0.1, -0.05) is 12.1 Å². The molecule has 0 saturated carbocycles. The lowest BCUT2D eigenvalue weighted by atomic mass is 10.1. The number of halogens is 2. The van der Waals surface area contributed by atoms with Crippen molar-refractivity contribution < 1.29 is 13.9 Å². The van der Waals surface area contributed by atoms with Gasteiger partial charge < -0.3 is 10.1 Å². The van der Waals surface area contributed by atoms with E-state index in [9.17, 15) is 9.18 Å². The molecule has 1 saturated heterocycles. The van der Waals surface area contributed by atoms with Crippen LogP contribution in [0.15, 0.2) is 22.7 Å². The van der Waals surface area contributed by atoms with Crippen LogP contribution in [0.4, 0.5) is 4.39 Å². The minimum absolute atomic E-state index is 0.0419. The van der Waals surface area contributed by atoms with Crippen molar-refractivity contribution in [1.82, 2.24) is 10.2 Å². The predicted molar refractivity (Wildman–Crippen MR) is 77.8 cm³/mol. The molecule has 1 N–H and O–H groups in total. The molecular formula is C14H18BrFN2O2. The Balaban J connectivity index is 2.12. The molecular weight excluding hydrogens is 327 g/mol. The van der Waals surface area contributed by atoms with Crippen LogP contribution in [0.1, 0.15) is 12.5 Å². The molecule has 110 valence electrons. The maximum absolute atomic E-state index is 13.5. The molecule has 0 bridgehead atoms. The van der Waals surface area contributed by atoms with Crippen LogP contribution in [0.3, 0.4) is 0 Å². The van der Waals surface area contributed by atoms with Gasteiger partial charge in [0.25, 0.3) is 0 Å². The molecule has 0 radical (unpaired) electrons. The number of morpholine rings is 1. The highest BCUT2D eigenvalue weighted by Gasteiger charge is 2.29. The van der Waals surface area contributed by atoms with Gasteiger partial charge in [0.15, 0.2) is 0 Å². The van der Waals surface area contributed by atoms with Crippen LogP contribution in [0.2, 0.25) is 0 Å². The third kappa shape index (κ3) is 3.56. The summed E-state index contributed by atoms with van der Waals surface area (Å²) in [6.45, 7) is 4.61. The van der Waals surface area contributed by atoms with Crippen LogP contribution >= 0.6 is 15.9 Å². The van der Waals surface area contributed by atoms with Gasteiger partial charge in [-0.05, 0) is 34.5 Å². The number of nitrogens with zero attached hydrogens (tertiary/aromatic N) is 1. The van der Waals surface area contributed by atoms with Crippen molar-refractivity contribution >= 4 is 21.8 Å². The van der Waals surface area contributed by atoms with E-state index in [0.717, 1.165) is 5.56 Å². The summed E-state index contributed by atoms with van der Waals surface area (Å²) in [7, 11) is 0. The zero-order chi connectivity index (χ0) is 14.5. The van der Waals surface area contributed by atoms with Crippen molar-refractivity contribution in [2.75, 3.05) is 26.3 Å². The number of benzene rings is 1. The summed E-state index contributed by atoms with van der Waals surface area (Å²) in [5, 5.41) is 2.81. The Bertz CT molecular complexity index is 484. The van der Waals surface area contributed by atoms with E-state index in [1.54, 1.807) is 6.07 Å². The first-order chi connectivity index (χ1) is 9.63. The molecule has 1 aromatic rings. The van der Waals surface area contributed by atoms with Gasteiger partial charge in [-0.2, -0.15) is 0 Å². The average molecular weight is 345 g/mol. The Morgan fingerprint density at radius 2 is 2.40 bits per heavy atom. The number of hydrogen-bond donors (Lipinski definition) is 1. The van der Waals surface area contributed by atoms with Crippen molar-refractivity contribution in [2.45, 2.75) is 19.5 Å². The molecule has 2 rings (SSSR count). The van der Waals surface area contributed by atoms with Crippen LogP contribution in [-0.2, 0) is 16.1 Å². The van der Waals surface area contributed by atoms with E-state index in [2.05, 4.69) is 21.2 Å². The van der Waals surface area contributed by atoms with E-state index in [4.69, 9.17) is 4.74 Å². The zero-order valence-corrected chi connectivity index (χ0v) is 13.0. The molecule has 1 aliphatic heterocycles. The van der Waals surface area contributed by atoms with Crippen LogP contribution in [0.5, 0.6) is 0 Å². The summed E-state index contributed by atoms with van der Waals surface area (Å²) >= 11 is 3.26. The molecule has 1 atom stereocenters. The summed E-state index contributed by atoms with van der Waals surface area (Å²) in [4.78, 5) is 14.1. The van der Waals surface area contributed by atoms with Gasteiger partial charge in [-0.3, -0.25) is 9.69 Å². The lowest BCUT2D eigenvalue weighted by Crippen LogP contribution is -2.53. The van der Waals surface area contributed by atoms with Crippen LogP contribution < -0.4 is 5.32 Å². The number of rotatable bonds is 4. The van der Waals surface area contributed by atoms with Gasteiger partial charge in [-0.25, -0.2) is 4.39 Å². The zero-order valence-electron chi connectivity index (χ0n) is 11.4. The van der Waals surface area contributed by atoms with E-state index in [1.807, 2.05) is 17.9 Å². The Morgan fingerprint density at radius 1 is 1.60 bits per heavy atom. The average Bonchev–Trinajstić information content (AvgIpc) is 2.45. The summed E-state index contributed by atoms with van der Waals surface area (Å²) in [5.41, 5.74) is 0.834. The highest BCUT2D eigenvalue weighted by Crippen LogP contribution is 2.23. The highest BCUT2D eigenvalue weighted by molar-refractivity contribution is 9.10. The largest absolute Gasteiger partial charge is 0.378 e. The molecule has 0 aromatic heterocycles. The Morgan fingerprint density at radius 3 is 3.15 bits per heavy atom. The Hall–Kier alpha value is -0.980. The van der Waals surface area contributed by atoms with E-state index in [1.165, 1.54) is 6.07 Å². The maximum Gasteiger partial charge on any atom is 0.239 e. The third-order valence-corrected chi connectivity index (χ3v) is 4.19. The molecule has 1 fully saturated rings. The second kappa shape index (κ2) is 7.15. The minimum atomic E-state index is -0.320. The maximum atomic E-state index is 13.5. The fraction of sp³-hybridized carbons (Fsp3) is 0.500. The summed E-state index contributed by atoms with van der Waals surface area (Å²) in [5.74, 6) is -0.329. The van der Waals surface area contributed by atoms with Crippen LogP contribution in [0.25, 0.3) is 0 Å². The monoisotopic (exact) mass is 344 g/mol. The highest BCUT2D eigenvalue weighted by atomic mass is 79.9. The van der Waals surface area contributed by atoms with Gasteiger partial charge in [0.05, 0.1) is 17.7 Å². The van der Waals surface area contributed by atoms with Crippen LogP contribution in [0, 0.1) is 5.82 Å². The Kier molecular flexibility index (Phi) is 5.51. The van der Waals surface area contributed by atoms with Crippen molar-refractivity contribution in [2.24, 2.45) is 0 Å². The first kappa shape index (κ1) is 15.4. The van der Waals surface area contributed by atoms with Crippen molar-refractivity contribution in [3.63, 3.8) is 0 Å². The fourth-order valence-corrected chi connectivity index (χ4v) is 2.64. The van der Waals surface area contributed by atoms with E-state index in [0.29, 0.717) is 37.3 Å². The minimum Gasteiger partial charge on any atom is -0.378 e. The summed E-state index contributed by atoms with van der Waals surface area (Å²) < 4.78 is 19.4. The molecule has 6 heteroatoms. The lowest BCUT2D eigenvalue weighted by molar-refractivity contribution is -0.132. The molecule has 1 aliphatic rings. The lowest BCUT2D eigenvalue weighted by Gasteiger charge is -2.34. The number of ether oxygens (including phenoxy) is 1. The molecule has 4 nitrogen and oxygen atoms in total. The van der Waals surface area contributed by atoms with Crippen molar-refractivity contribution in [1.29, 1.82) is 0 Å². The Labute approximate surface area is 126 Å². The van der Waals surface area contributed by atoms with E-state index < -0.39 is 0 Å². The first-order valence-electron chi connectivity index (χ1n) is 6.66. The normalized spacial score (nSPS) is 19.9. The summed E-state index contributed by atoms with van der Waals surface area (Å²) in [6.07, 6.45) is 0. The second-order valence-corrected chi connectivity index (χ2v) is 5.46. The number of nitrogens with one attached hydrogen (secondary N) is 1. The van der Waals surface area contributed by atoms with Gasteiger partial charge in [0, 0.05) is 19.6 Å². The van der Waals surface area contributed by atoms with Gasteiger partial charge in [-0.15, -0.1) is 0 Å². The molecule has 1 amide bonds. The molecule has 0 aliphatic carbocycles. The van der Waals surface area contributed by atoms with E-state index >= 15 is 0 Å². The second-order valence-electron chi connectivity index (χ2n) is 4.67. The van der Waals surface area contributed by atoms with Gasteiger partial charge >= 0.3 is 0 Å². The molecule has 1 heterocycles. The molecule has 20 heavy (non-hydrogen) atoms. The topological polar surface area (TPSA) is 41.6 Å². The smallest absolute Gasteiger partial charge is 0.239 e. The van der Waals surface area contributed by atoms with Crippen molar-refractivity contribution in [3.8, 4) is 0 Å². The predicted octanol–water partition coefficient (Wildman–Crippen LogP) is 1.93. The molecule has 0 spiro atoms. The number of likely N-dealkylation sites (N-methyl/N-ethyl adjacent to an activating group) is 1. The quantitative estimate of drug-likeness (QED) is 0.907. The number of hydrogen-bond acceptors (Lipinski definition) is 3. The van der Waals surface area contributed by atoms with Crippen molar-refractivity contribution in [3.05, 3.63) is 34.1 Å². The standard InChI is InChI=1S/C14H18BrFN2O2/c1-2-17-14(19)12-9-20-7-6-18(12)8-10-4-3-5-11(16)13(10)15/h3-5,12H,2,6-9H2,1H3,(H,17,19).